The number of ether oxygens (including phenoxy) is 1. The quantitative estimate of drug-likeness (QED) is 0.735. The van der Waals surface area contributed by atoms with Crippen LogP contribution in [0.1, 0.15) is 18.4 Å². The van der Waals surface area contributed by atoms with Crippen LogP contribution in [0.2, 0.25) is 0 Å². The standard InChI is InChI=1S/C19H23N5O2/c25-19(6-3-8-23-9-7-21-22-23)24-10-11-26-14-16(24)12-15-13-20-18-5-2-1-4-17(15)18/h1-2,4-5,7,9,13,16,20H,3,6,8,10-12,14H2/t16-/m1/s1. The molecule has 4 rings (SSSR count). The SMILES string of the molecule is O=C(CCCn1ccnn1)N1CCOC[C@H]1Cc1c[nH]c2ccccc12. The molecule has 26 heavy (non-hydrogen) atoms. The zero-order valence-electron chi connectivity index (χ0n) is 14.7. The highest BCUT2D eigenvalue weighted by atomic mass is 16.5. The van der Waals surface area contributed by atoms with E-state index in [9.17, 15) is 4.79 Å². The van der Waals surface area contributed by atoms with Gasteiger partial charge in [-0.1, -0.05) is 23.4 Å². The first-order valence-corrected chi connectivity index (χ1v) is 9.07. The highest BCUT2D eigenvalue weighted by Gasteiger charge is 2.27. The van der Waals surface area contributed by atoms with Gasteiger partial charge in [-0.3, -0.25) is 9.48 Å². The molecule has 1 aliphatic heterocycles. The van der Waals surface area contributed by atoms with Crippen LogP contribution in [0, 0.1) is 0 Å². The molecule has 1 fully saturated rings. The van der Waals surface area contributed by atoms with E-state index in [4.69, 9.17) is 4.74 Å². The summed E-state index contributed by atoms with van der Waals surface area (Å²) in [6.07, 6.45) is 7.61. The zero-order chi connectivity index (χ0) is 17.8. The number of aryl methyl sites for hydroxylation is 1. The van der Waals surface area contributed by atoms with Gasteiger partial charge in [0.05, 0.1) is 25.5 Å². The molecule has 1 aromatic carbocycles. The maximum absolute atomic E-state index is 12.7. The smallest absolute Gasteiger partial charge is 0.223 e. The molecule has 1 N–H and O–H groups in total. The minimum Gasteiger partial charge on any atom is -0.377 e. The number of para-hydroxylation sites is 1. The number of aromatic nitrogens is 4. The monoisotopic (exact) mass is 353 g/mol. The third-order valence-electron chi connectivity index (χ3n) is 4.93. The van der Waals surface area contributed by atoms with Gasteiger partial charge >= 0.3 is 0 Å². The van der Waals surface area contributed by atoms with Crippen LogP contribution < -0.4 is 0 Å². The van der Waals surface area contributed by atoms with Crippen LogP contribution in [0.25, 0.3) is 10.9 Å². The summed E-state index contributed by atoms with van der Waals surface area (Å²) in [4.78, 5) is 18.1. The number of aromatic amines is 1. The first-order valence-electron chi connectivity index (χ1n) is 9.07. The first-order chi connectivity index (χ1) is 12.8. The van der Waals surface area contributed by atoms with Crippen molar-refractivity contribution in [3.63, 3.8) is 0 Å². The average molecular weight is 353 g/mol. The lowest BCUT2D eigenvalue weighted by atomic mass is 10.0. The highest BCUT2D eigenvalue weighted by Crippen LogP contribution is 2.22. The summed E-state index contributed by atoms with van der Waals surface area (Å²) in [5, 5.41) is 8.94. The van der Waals surface area contributed by atoms with E-state index < -0.39 is 0 Å². The van der Waals surface area contributed by atoms with Gasteiger partial charge in [0, 0.05) is 42.8 Å². The number of nitrogens with one attached hydrogen (secondary N) is 1. The predicted molar refractivity (Wildman–Crippen MR) is 97.6 cm³/mol. The number of amides is 1. The van der Waals surface area contributed by atoms with E-state index in [0.717, 1.165) is 18.4 Å². The molecule has 136 valence electrons. The number of hydrogen-bond donors (Lipinski definition) is 1. The average Bonchev–Trinajstić information content (AvgIpc) is 3.33. The molecule has 0 saturated carbocycles. The summed E-state index contributed by atoms with van der Waals surface area (Å²) in [6.45, 7) is 2.58. The Balaban J connectivity index is 1.40. The lowest BCUT2D eigenvalue weighted by Gasteiger charge is -2.36. The van der Waals surface area contributed by atoms with Crippen LogP contribution >= 0.6 is 0 Å². The molecule has 1 aliphatic rings. The molecule has 0 bridgehead atoms. The number of carbonyl (C=O) groups excluding carboxylic acids is 1. The molecule has 0 aliphatic carbocycles. The Bertz CT molecular complexity index is 858. The third-order valence-corrected chi connectivity index (χ3v) is 4.93. The van der Waals surface area contributed by atoms with E-state index in [0.29, 0.717) is 32.7 Å². The molecule has 1 amide bonds. The molecule has 3 heterocycles. The number of carbonyl (C=O) groups is 1. The molecule has 7 nitrogen and oxygen atoms in total. The van der Waals surface area contributed by atoms with Crippen LogP contribution in [0.15, 0.2) is 42.9 Å². The van der Waals surface area contributed by atoms with E-state index in [1.807, 2.05) is 29.4 Å². The lowest BCUT2D eigenvalue weighted by Crippen LogP contribution is -2.49. The Kier molecular flexibility index (Phi) is 4.97. The molecular formula is C19H23N5O2. The van der Waals surface area contributed by atoms with Crippen LogP contribution in [0.5, 0.6) is 0 Å². The van der Waals surface area contributed by atoms with Gasteiger partial charge in [-0.05, 0) is 24.5 Å². The fraction of sp³-hybridized carbons (Fsp3) is 0.421. The second-order valence-corrected chi connectivity index (χ2v) is 6.65. The second-order valence-electron chi connectivity index (χ2n) is 6.65. The van der Waals surface area contributed by atoms with Crippen LogP contribution in [-0.4, -0.2) is 56.6 Å². The van der Waals surface area contributed by atoms with Crippen LogP contribution in [0.4, 0.5) is 0 Å². The molecule has 3 aromatic rings. The van der Waals surface area contributed by atoms with Gasteiger partial charge in [-0.2, -0.15) is 0 Å². The summed E-state index contributed by atoms with van der Waals surface area (Å²) < 4.78 is 7.42. The minimum absolute atomic E-state index is 0.0850. The number of hydrogen-bond acceptors (Lipinski definition) is 4. The number of rotatable bonds is 6. The van der Waals surface area contributed by atoms with Crippen molar-refractivity contribution in [3.05, 3.63) is 48.4 Å². The Morgan fingerprint density at radius 1 is 1.35 bits per heavy atom. The maximum atomic E-state index is 12.7. The summed E-state index contributed by atoms with van der Waals surface area (Å²) in [5.41, 5.74) is 2.36. The van der Waals surface area contributed by atoms with Gasteiger partial charge < -0.3 is 14.6 Å². The van der Waals surface area contributed by atoms with Crippen molar-refractivity contribution >= 4 is 16.8 Å². The molecule has 1 atom stereocenters. The number of nitrogens with zero attached hydrogens (tertiary/aromatic N) is 4. The van der Waals surface area contributed by atoms with Crippen molar-refractivity contribution in [2.24, 2.45) is 0 Å². The summed E-state index contributed by atoms with van der Waals surface area (Å²) in [5.74, 6) is 0.193. The van der Waals surface area contributed by atoms with Gasteiger partial charge in [-0.25, -0.2) is 0 Å². The zero-order valence-corrected chi connectivity index (χ0v) is 14.7. The maximum Gasteiger partial charge on any atom is 0.223 e. The normalized spacial score (nSPS) is 17.7. The van der Waals surface area contributed by atoms with Gasteiger partial charge in [0.25, 0.3) is 0 Å². The first kappa shape index (κ1) is 16.8. The largest absolute Gasteiger partial charge is 0.377 e. The molecular weight excluding hydrogens is 330 g/mol. The van der Waals surface area contributed by atoms with Gasteiger partial charge in [0.2, 0.25) is 5.91 Å². The molecule has 1 saturated heterocycles. The van der Waals surface area contributed by atoms with Gasteiger partial charge in [0.1, 0.15) is 0 Å². The van der Waals surface area contributed by atoms with E-state index >= 15 is 0 Å². The molecule has 2 aromatic heterocycles. The second kappa shape index (κ2) is 7.70. The van der Waals surface area contributed by atoms with Crippen molar-refractivity contribution < 1.29 is 9.53 Å². The van der Waals surface area contributed by atoms with Gasteiger partial charge in [0.15, 0.2) is 0 Å². The Morgan fingerprint density at radius 2 is 2.27 bits per heavy atom. The Morgan fingerprint density at radius 3 is 3.15 bits per heavy atom. The fourth-order valence-electron chi connectivity index (χ4n) is 3.59. The van der Waals surface area contributed by atoms with Crippen molar-refractivity contribution in [3.8, 4) is 0 Å². The predicted octanol–water partition coefficient (Wildman–Crippen LogP) is 2.01. The van der Waals surface area contributed by atoms with Gasteiger partial charge in [-0.15, -0.1) is 5.10 Å². The van der Waals surface area contributed by atoms with Crippen molar-refractivity contribution in [1.29, 1.82) is 0 Å². The molecule has 0 spiro atoms. The van der Waals surface area contributed by atoms with E-state index in [-0.39, 0.29) is 11.9 Å². The van der Waals surface area contributed by atoms with E-state index in [1.165, 1.54) is 10.9 Å². The van der Waals surface area contributed by atoms with Crippen molar-refractivity contribution in [1.82, 2.24) is 24.9 Å². The number of fused-ring (bicyclic) bond motifs is 1. The molecule has 0 unspecified atom stereocenters. The van der Waals surface area contributed by atoms with Crippen molar-refractivity contribution in [2.75, 3.05) is 19.8 Å². The van der Waals surface area contributed by atoms with Crippen LogP contribution in [-0.2, 0) is 22.5 Å². The fourth-order valence-corrected chi connectivity index (χ4v) is 3.59. The number of morpholine rings is 1. The van der Waals surface area contributed by atoms with Crippen molar-refractivity contribution in [2.45, 2.75) is 31.8 Å². The van der Waals surface area contributed by atoms with E-state index in [2.05, 4.69) is 27.4 Å². The number of H-pyrrole nitrogens is 1. The highest BCUT2D eigenvalue weighted by molar-refractivity contribution is 5.83. The summed E-state index contributed by atoms with van der Waals surface area (Å²) in [7, 11) is 0. The third kappa shape index (κ3) is 3.62. The Hall–Kier alpha value is -2.67. The molecule has 7 heteroatoms. The number of benzene rings is 1. The minimum atomic E-state index is 0.0850. The lowest BCUT2D eigenvalue weighted by molar-refractivity contribution is -0.139. The summed E-state index contributed by atoms with van der Waals surface area (Å²) >= 11 is 0. The Labute approximate surface area is 151 Å². The molecule has 0 radical (unpaired) electrons. The summed E-state index contributed by atoms with van der Waals surface area (Å²) in [6, 6.07) is 8.35. The topological polar surface area (TPSA) is 76.0 Å². The van der Waals surface area contributed by atoms with E-state index in [1.54, 1.807) is 10.9 Å². The van der Waals surface area contributed by atoms with Crippen LogP contribution in [0.3, 0.4) is 0 Å².